The Morgan fingerprint density at radius 3 is 2.55 bits per heavy atom. The van der Waals surface area contributed by atoms with Crippen LogP contribution in [0.5, 0.6) is 0 Å². The highest BCUT2D eigenvalue weighted by Crippen LogP contribution is 2.18. The Balaban J connectivity index is 1.84. The molecule has 0 spiro atoms. The molecule has 0 aliphatic heterocycles. The summed E-state index contributed by atoms with van der Waals surface area (Å²) in [5.41, 5.74) is 1.70. The van der Waals surface area contributed by atoms with Gasteiger partial charge in [-0.3, -0.25) is 0 Å². The summed E-state index contributed by atoms with van der Waals surface area (Å²) >= 11 is 11.8. The molecule has 2 aromatic heterocycles. The van der Waals surface area contributed by atoms with Crippen molar-refractivity contribution in [2.24, 2.45) is 0 Å². The van der Waals surface area contributed by atoms with Crippen LogP contribution in [0.1, 0.15) is 5.56 Å². The van der Waals surface area contributed by atoms with E-state index in [0.717, 1.165) is 11.1 Å². The van der Waals surface area contributed by atoms with Gasteiger partial charge >= 0.3 is 0 Å². The predicted octanol–water partition coefficient (Wildman–Crippen LogP) is 3.09. The fourth-order valence-electron chi connectivity index (χ4n) is 1.72. The number of hydrogen-bond acceptors (Lipinski definition) is 4. The summed E-state index contributed by atoms with van der Waals surface area (Å²) in [7, 11) is 0. The zero-order valence-corrected chi connectivity index (χ0v) is 11.8. The highest BCUT2D eigenvalue weighted by molar-refractivity contribution is 6.32. The van der Waals surface area contributed by atoms with Crippen molar-refractivity contribution in [3.63, 3.8) is 0 Å². The minimum absolute atomic E-state index is 0.344. The van der Waals surface area contributed by atoms with Crippen LogP contribution < -0.4 is 0 Å². The second kappa shape index (κ2) is 5.56. The molecule has 0 bridgehead atoms. The van der Waals surface area contributed by atoms with Gasteiger partial charge in [-0.25, -0.2) is 4.98 Å². The first kappa shape index (κ1) is 13.0. The number of benzene rings is 1. The summed E-state index contributed by atoms with van der Waals surface area (Å²) in [5, 5.41) is 13.0. The lowest BCUT2D eigenvalue weighted by atomic mass is 10.2. The minimum Gasteiger partial charge on any atom is -0.224 e. The average Bonchev–Trinajstić information content (AvgIpc) is 2.92. The molecule has 2 heterocycles. The van der Waals surface area contributed by atoms with Crippen molar-refractivity contribution in [2.75, 3.05) is 0 Å². The van der Waals surface area contributed by atoms with Crippen LogP contribution in [0.2, 0.25) is 10.3 Å². The van der Waals surface area contributed by atoms with Crippen molar-refractivity contribution in [1.82, 2.24) is 25.2 Å². The average molecular weight is 306 g/mol. The third kappa shape index (κ3) is 2.79. The minimum atomic E-state index is 0.344. The molecule has 3 rings (SSSR count). The lowest BCUT2D eigenvalue weighted by Crippen LogP contribution is -2.05. The molecule has 0 radical (unpaired) electrons. The van der Waals surface area contributed by atoms with Crippen LogP contribution in [0, 0.1) is 0 Å². The van der Waals surface area contributed by atoms with Gasteiger partial charge in [0.05, 0.1) is 6.54 Å². The van der Waals surface area contributed by atoms with Crippen LogP contribution in [0.25, 0.3) is 11.4 Å². The molecule has 0 fully saturated rings. The Morgan fingerprint density at radius 2 is 1.80 bits per heavy atom. The SMILES string of the molecule is Clc1ccc(Cn2nnc(-c3ccccc3)n2)c(Cl)n1. The number of nitrogens with zero attached hydrogens (tertiary/aromatic N) is 5. The van der Waals surface area contributed by atoms with Gasteiger partial charge in [-0.2, -0.15) is 4.80 Å². The van der Waals surface area contributed by atoms with E-state index >= 15 is 0 Å². The Bertz CT molecular complexity index is 727. The lowest BCUT2D eigenvalue weighted by molar-refractivity contribution is 0.572. The van der Waals surface area contributed by atoms with Crippen LogP contribution in [0.4, 0.5) is 0 Å². The van der Waals surface area contributed by atoms with E-state index in [1.807, 2.05) is 30.3 Å². The predicted molar refractivity (Wildman–Crippen MR) is 76.6 cm³/mol. The van der Waals surface area contributed by atoms with E-state index in [1.165, 1.54) is 4.80 Å². The standard InChI is InChI=1S/C13H9Cl2N5/c14-11-7-6-10(12(15)16-11)8-20-18-13(17-19-20)9-4-2-1-3-5-9/h1-7H,8H2. The summed E-state index contributed by atoms with van der Waals surface area (Å²) in [5.74, 6) is 0.573. The summed E-state index contributed by atoms with van der Waals surface area (Å²) in [6, 6.07) is 13.1. The zero-order valence-electron chi connectivity index (χ0n) is 10.2. The maximum atomic E-state index is 6.02. The van der Waals surface area contributed by atoms with Gasteiger partial charge in [-0.15, -0.1) is 10.2 Å². The van der Waals surface area contributed by atoms with Crippen molar-refractivity contribution < 1.29 is 0 Å². The smallest absolute Gasteiger partial charge is 0.204 e. The molecule has 5 nitrogen and oxygen atoms in total. The van der Waals surface area contributed by atoms with Gasteiger partial charge in [0, 0.05) is 11.1 Å². The molecule has 0 aliphatic rings. The van der Waals surface area contributed by atoms with Crippen LogP contribution in [-0.4, -0.2) is 25.2 Å². The summed E-state index contributed by atoms with van der Waals surface area (Å²) in [6.07, 6.45) is 0. The van der Waals surface area contributed by atoms with Gasteiger partial charge in [0.1, 0.15) is 10.3 Å². The van der Waals surface area contributed by atoms with Crippen molar-refractivity contribution in [2.45, 2.75) is 6.54 Å². The van der Waals surface area contributed by atoms with E-state index in [9.17, 15) is 0 Å². The maximum Gasteiger partial charge on any atom is 0.204 e. The number of rotatable bonds is 3. The summed E-state index contributed by atoms with van der Waals surface area (Å²) < 4.78 is 0. The van der Waals surface area contributed by atoms with Crippen LogP contribution >= 0.6 is 23.2 Å². The Morgan fingerprint density at radius 1 is 1.00 bits per heavy atom. The normalized spacial score (nSPS) is 10.7. The van der Waals surface area contributed by atoms with E-state index in [2.05, 4.69) is 20.4 Å². The van der Waals surface area contributed by atoms with Crippen molar-refractivity contribution >= 4 is 23.2 Å². The molecule has 100 valence electrons. The quantitative estimate of drug-likeness (QED) is 0.698. The molecule has 0 N–H and O–H groups in total. The molecule has 3 aromatic rings. The first-order chi connectivity index (χ1) is 9.72. The molecule has 0 unspecified atom stereocenters. The summed E-state index contributed by atoms with van der Waals surface area (Å²) in [6.45, 7) is 0.392. The van der Waals surface area contributed by atoms with Gasteiger partial charge in [-0.1, -0.05) is 59.6 Å². The van der Waals surface area contributed by atoms with Crippen molar-refractivity contribution in [1.29, 1.82) is 0 Å². The third-order valence-corrected chi connectivity index (χ3v) is 3.23. The van der Waals surface area contributed by atoms with E-state index in [-0.39, 0.29) is 0 Å². The van der Waals surface area contributed by atoms with Gasteiger partial charge in [-0.05, 0) is 11.3 Å². The zero-order chi connectivity index (χ0) is 13.9. The van der Waals surface area contributed by atoms with Gasteiger partial charge in [0.25, 0.3) is 0 Å². The molecule has 0 atom stereocenters. The van der Waals surface area contributed by atoms with Gasteiger partial charge in [0.15, 0.2) is 0 Å². The van der Waals surface area contributed by atoms with Crippen LogP contribution in [0.15, 0.2) is 42.5 Å². The fourth-order valence-corrected chi connectivity index (χ4v) is 2.13. The second-order valence-electron chi connectivity index (χ2n) is 4.09. The largest absolute Gasteiger partial charge is 0.224 e. The maximum absolute atomic E-state index is 6.02. The highest BCUT2D eigenvalue weighted by Gasteiger charge is 2.08. The molecule has 20 heavy (non-hydrogen) atoms. The van der Waals surface area contributed by atoms with E-state index < -0.39 is 0 Å². The molecular formula is C13H9Cl2N5. The first-order valence-electron chi connectivity index (χ1n) is 5.86. The molecule has 1 aromatic carbocycles. The van der Waals surface area contributed by atoms with E-state index in [4.69, 9.17) is 23.2 Å². The Kier molecular flexibility index (Phi) is 3.62. The van der Waals surface area contributed by atoms with Gasteiger partial charge < -0.3 is 0 Å². The third-order valence-electron chi connectivity index (χ3n) is 2.69. The fraction of sp³-hybridized carbons (Fsp3) is 0.0769. The number of hydrogen-bond donors (Lipinski definition) is 0. The molecule has 0 aliphatic carbocycles. The number of tetrazole rings is 1. The molecular weight excluding hydrogens is 297 g/mol. The van der Waals surface area contributed by atoms with Crippen molar-refractivity contribution in [3.8, 4) is 11.4 Å². The lowest BCUT2D eigenvalue weighted by Gasteiger charge is -2.02. The Labute approximate surface area is 125 Å². The number of halogens is 2. The van der Waals surface area contributed by atoms with E-state index in [1.54, 1.807) is 12.1 Å². The molecule has 0 amide bonds. The summed E-state index contributed by atoms with van der Waals surface area (Å²) in [4.78, 5) is 5.45. The molecule has 0 saturated carbocycles. The Hall–Kier alpha value is -1.98. The number of aromatic nitrogens is 5. The molecule has 0 saturated heterocycles. The van der Waals surface area contributed by atoms with E-state index in [0.29, 0.717) is 22.7 Å². The highest BCUT2D eigenvalue weighted by atomic mass is 35.5. The topological polar surface area (TPSA) is 56.5 Å². The number of pyridine rings is 1. The van der Waals surface area contributed by atoms with Gasteiger partial charge in [0.2, 0.25) is 5.82 Å². The second-order valence-corrected chi connectivity index (χ2v) is 4.84. The monoisotopic (exact) mass is 305 g/mol. The van der Waals surface area contributed by atoms with Crippen molar-refractivity contribution in [3.05, 3.63) is 58.3 Å². The first-order valence-corrected chi connectivity index (χ1v) is 6.62. The van der Waals surface area contributed by atoms with Crippen LogP contribution in [-0.2, 0) is 6.54 Å². The molecule has 7 heteroatoms. The van der Waals surface area contributed by atoms with Crippen LogP contribution in [0.3, 0.4) is 0 Å².